The van der Waals surface area contributed by atoms with Crippen LogP contribution in [0.15, 0.2) is 24.5 Å². The molecule has 0 aliphatic heterocycles. The topological polar surface area (TPSA) is 40.7 Å². The lowest BCUT2D eigenvalue weighted by Gasteiger charge is -2.08. The fourth-order valence-electron chi connectivity index (χ4n) is 1.30. The van der Waals surface area contributed by atoms with Crippen molar-refractivity contribution in [3.8, 4) is 0 Å². The molecule has 0 spiro atoms. The second-order valence-corrected chi connectivity index (χ2v) is 2.87. The summed E-state index contributed by atoms with van der Waals surface area (Å²) in [6.07, 6.45) is 3.65. The Bertz CT molecular complexity index is 421. The van der Waals surface area contributed by atoms with Gasteiger partial charge in [-0.25, -0.2) is 4.98 Å². The second-order valence-electron chi connectivity index (χ2n) is 2.67. The molecule has 13 heavy (non-hydrogen) atoms. The molecule has 0 radical (unpaired) electrons. The van der Waals surface area contributed by atoms with Gasteiger partial charge in [0, 0.05) is 24.3 Å². The molecule has 2 heterocycles. The van der Waals surface area contributed by atoms with E-state index in [1.807, 2.05) is 18.3 Å². The number of aromatic amines is 1. The van der Waals surface area contributed by atoms with Gasteiger partial charge in [0.05, 0.1) is 0 Å². The number of nitrogens with one attached hydrogen (secondary N) is 2. The van der Waals surface area contributed by atoms with E-state index in [1.54, 1.807) is 6.20 Å². The van der Waals surface area contributed by atoms with Crippen molar-refractivity contribution in [1.29, 1.82) is 0 Å². The molecule has 2 rings (SSSR count). The Morgan fingerprint density at radius 1 is 1.54 bits per heavy atom. The largest absolute Gasteiger partial charge is 0.553 e. The van der Waals surface area contributed by atoms with Gasteiger partial charge in [-0.15, -0.1) is 0 Å². The third-order valence-corrected chi connectivity index (χ3v) is 2.05. The molecule has 2 aromatic rings. The van der Waals surface area contributed by atoms with Gasteiger partial charge in [0.25, 0.3) is 0 Å². The maximum absolute atomic E-state index is 4.57. The first kappa shape index (κ1) is 8.19. The van der Waals surface area contributed by atoms with Crippen molar-refractivity contribution < 1.29 is 0 Å². The summed E-state index contributed by atoms with van der Waals surface area (Å²) >= 11 is 4.57. The smallest absolute Gasteiger partial charge is 0.137 e. The molecule has 0 bridgehead atoms. The zero-order valence-electron chi connectivity index (χ0n) is 6.87. The molecule has 0 aliphatic carbocycles. The van der Waals surface area contributed by atoms with E-state index in [9.17, 15) is 0 Å². The van der Waals surface area contributed by atoms with Crippen LogP contribution in [0.25, 0.3) is 11.0 Å². The number of nitrogens with zero attached hydrogens (tertiary/aromatic N) is 1. The number of fused-ring (bicyclic) bond motifs is 1. The van der Waals surface area contributed by atoms with Crippen molar-refractivity contribution in [2.45, 2.75) is 6.54 Å². The molecule has 66 valence electrons. The summed E-state index contributed by atoms with van der Waals surface area (Å²) in [6.45, 7) is 0.695. The molecule has 4 heteroatoms. The van der Waals surface area contributed by atoms with E-state index < -0.39 is 0 Å². The SMILES string of the molecule is S=[C-]NCc1ccnc2[nH]ccc12. The van der Waals surface area contributed by atoms with Crippen molar-refractivity contribution in [1.82, 2.24) is 15.3 Å². The van der Waals surface area contributed by atoms with E-state index in [-0.39, 0.29) is 0 Å². The van der Waals surface area contributed by atoms with Crippen molar-refractivity contribution in [2.75, 3.05) is 0 Å². The molecule has 0 aromatic carbocycles. The fraction of sp³-hybridized carbons (Fsp3) is 0.111. The van der Waals surface area contributed by atoms with Gasteiger partial charge in [0.2, 0.25) is 0 Å². The average Bonchev–Trinajstić information content (AvgIpc) is 2.62. The minimum atomic E-state index is 0.695. The molecule has 0 aliphatic rings. The zero-order valence-corrected chi connectivity index (χ0v) is 7.69. The van der Waals surface area contributed by atoms with Crippen LogP contribution in [-0.2, 0) is 6.54 Å². The molecular weight excluding hydrogens is 182 g/mol. The van der Waals surface area contributed by atoms with Gasteiger partial charge < -0.3 is 28.0 Å². The fourth-order valence-corrected chi connectivity index (χ4v) is 1.38. The maximum Gasteiger partial charge on any atom is 0.137 e. The highest BCUT2D eigenvalue weighted by Crippen LogP contribution is 2.14. The van der Waals surface area contributed by atoms with Gasteiger partial charge in [-0.2, -0.15) is 0 Å². The van der Waals surface area contributed by atoms with Gasteiger partial charge in [-0.3, -0.25) is 0 Å². The Balaban J connectivity index is 2.42. The van der Waals surface area contributed by atoms with Crippen LogP contribution >= 0.6 is 12.2 Å². The number of thiocarbonyl (C=S) groups is 1. The highest BCUT2D eigenvalue weighted by atomic mass is 32.1. The van der Waals surface area contributed by atoms with E-state index in [1.165, 1.54) is 5.56 Å². The van der Waals surface area contributed by atoms with Crippen LogP contribution in [0.5, 0.6) is 0 Å². The number of pyridine rings is 1. The van der Waals surface area contributed by atoms with Gasteiger partial charge in [0.1, 0.15) is 5.65 Å². The van der Waals surface area contributed by atoms with Crippen molar-refractivity contribution in [2.24, 2.45) is 0 Å². The lowest BCUT2D eigenvalue weighted by Crippen LogP contribution is -2.08. The first-order valence-corrected chi connectivity index (χ1v) is 4.33. The lowest BCUT2D eigenvalue weighted by molar-refractivity contribution is 0.951. The molecule has 0 atom stereocenters. The molecule has 0 amide bonds. The monoisotopic (exact) mass is 190 g/mol. The lowest BCUT2D eigenvalue weighted by atomic mass is 10.2. The summed E-state index contributed by atoms with van der Waals surface area (Å²) in [5, 5.41) is 3.99. The van der Waals surface area contributed by atoms with E-state index in [2.05, 4.69) is 33.0 Å². The number of hydrogen-bond donors (Lipinski definition) is 2. The predicted molar refractivity (Wildman–Crippen MR) is 55.5 cm³/mol. The van der Waals surface area contributed by atoms with Crippen LogP contribution in [0.1, 0.15) is 5.56 Å². The molecule has 0 saturated heterocycles. The predicted octanol–water partition coefficient (Wildman–Crippen LogP) is 1.49. The summed E-state index contributed by atoms with van der Waals surface area (Å²) in [5.41, 5.74) is 4.55. The molecule has 0 saturated carbocycles. The van der Waals surface area contributed by atoms with E-state index >= 15 is 0 Å². The van der Waals surface area contributed by atoms with Gasteiger partial charge in [-0.05, 0) is 17.7 Å². The Labute approximate surface area is 81.2 Å². The van der Waals surface area contributed by atoms with Crippen molar-refractivity contribution >= 4 is 28.7 Å². The minimum absolute atomic E-state index is 0.695. The first-order valence-electron chi connectivity index (χ1n) is 3.93. The number of hydrogen-bond acceptors (Lipinski definition) is 2. The zero-order chi connectivity index (χ0) is 9.10. The van der Waals surface area contributed by atoms with E-state index in [0.717, 1.165) is 11.0 Å². The number of H-pyrrole nitrogens is 1. The maximum atomic E-state index is 4.57. The van der Waals surface area contributed by atoms with Crippen LogP contribution in [0.2, 0.25) is 0 Å². The van der Waals surface area contributed by atoms with E-state index in [4.69, 9.17) is 0 Å². The highest BCUT2D eigenvalue weighted by Gasteiger charge is 1.99. The van der Waals surface area contributed by atoms with Crippen LogP contribution in [-0.4, -0.2) is 15.5 Å². The summed E-state index contributed by atoms with van der Waals surface area (Å²) < 4.78 is 0. The van der Waals surface area contributed by atoms with E-state index in [0.29, 0.717) is 6.54 Å². The third kappa shape index (κ3) is 1.53. The summed E-state index contributed by atoms with van der Waals surface area (Å²) in [4.78, 5) is 7.23. The molecule has 0 fully saturated rings. The van der Waals surface area contributed by atoms with Crippen molar-refractivity contribution in [3.63, 3.8) is 0 Å². The Morgan fingerprint density at radius 2 is 2.46 bits per heavy atom. The highest BCUT2D eigenvalue weighted by molar-refractivity contribution is 7.78. The third-order valence-electron chi connectivity index (χ3n) is 1.90. The van der Waals surface area contributed by atoms with Crippen LogP contribution < -0.4 is 5.32 Å². The van der Waals surface area contributed by atoms with Gasteiger partial charge in [0.15, 0.2) is 0 Å². The normalized spacial score (nSPS) is 10.2. The molecule has 3 nitrogen and oxygen atoms in total. The Kier molecular flexibility index (Phi) is 2.23. The Morgan fingerprint density at radius 3 is 3.31 bits per heavy atom. The van der Waals surface area contributed by atoms with Crippen LogP contribution in [0.3, 0.4) is 0 Å². The second kappa shape index (κ2) is 3.53. The van der Waals surface area contributed by atoms with Crippen LogP contribution in [0, 0.1) is 0 Å². The minimum Gasteiger partial charge on any atom is -0.553 e. The van der Waals surface area contributed by atoms with Gasteiger partial charge in [-0.1, -0.05) is 0 Å². The van der Waals surface area contributed by atoms with Crippen molar-refractivity contribution in [3.05, 3.63) is 30.1 Å². The summed E-state index contributed by atoms with van der Waals surface area (Å²) in [7, 11) is 0. The van der Waals surface area contributed by atoms with Gasteiger partial charge >= 0.3 is 0 Å². The summed E-state index contributed by atoms with van der Waals surface area (Å²) in [6, 6.07) is 3.97. The molecule has 0 unspecified atom stereocenters. The molecule has 2 aromatic heterocycles. The molecular formula is C9H8N3S-. The standard InChI is InChI=1S/C9H8N3S/c13-6-10-5-7-1-3-11-9-8(7)2-4-12-9/h1-4H,5H2,(H,10,13)(H,11,12)/q-1. The molecule has 2 N–H and O–H groups in total. The van der Waals surface area contributed by atoms with Crippen LogP contribution in [0.4, 0.5) is 0 Å². The number of rotatable bonds is 3. The average molecular weight is 190 g/mol. The quantitative estimate of drug-likeness (QED) is 0.437. The summed E-state index contributed by atoms with van der Waals surface area (Å²) in [5.74, 6) is 0. The Hall–Kier alpha value is -1.42. The first-order chi connectivity index (χ1) is 6.42. The number of aromatic nitrogens is 2.